The van der Waals surface area contributed by atoms with Crippen LogP contribution in [0.5, 0.6) is 11.5 Å². The number of fused-ring (bicyclic) bond motifs is 1. The minimum absolute atomic E-state index is 0.0131. The molecule has 172 valence electrons. The number of rotatable bonds is 4. The summed E-state index contributed by atoms with van der Waals surface area (Å²) < 4.78 is 86.9. The summed E-state index contributed by atoms with van der Waals surface area (Å²) in [5.74, 6) is -4.44. The minimum Gasteiger partial charge on any atom is -0.457 e. The highest BCUT2D eigenvalue weighted by Gasteiger charge is 2.37. The number of carbonyl (C=O) groups excluding carboxylic acids is 1. The molecule has 0 radical (unpaired) electrons. The molecule has 0 spiro atoms. The zero-order chi connectivity index (χ0) is 23.9. The van der Waals surface area contributed by atoms with Gasteiger partial charge < -0.3 is 20.7 Å². The largest absolute Gasteiger partial charge is 0.457 e. The highest BCUT2D eigenvalue weighted by molar-refractivity contribution is 6.02. The van der Waals surface area contributed by atoms with Crippen LogP contribution in [-0.4, -0.2) is 12.6 Å². The lowest BCUT2D eigenvalue weighted by Crippen LogP contribution is -2.43. The molecule has 11 heteroatoms. The highest BCUT2D eigenvalue weighted by Crippen LogP contribution is 2.42. The van der Waals surface area contributed by atoms with Crippen LogP contribution in [0, 0.1) is 17.5 Å². The van der Waals surface area contributed by atoms with Gasteiger partial charge in [-0.3, -0.25) is 4.79 Å². The molecular formula is C22H15F6N3O2. The molecule has 0 saturated carbocycles. The van der Waals surface area contributed by atoms with E-state index in [0.717, 1.165) is 12.1 Å². The molecular weight excluding hydrogens is 452 g/mol. The summed E-state index contributed by atoms with van der Waals surface area (Å²) in [5, 5.41) is 2.51. The van der Waals surface area contributed by atoms with Gasteiger partial charge in [0.1, 0.15) is 34.5 Å². The SMILES string of the molecule is Nc1cccc(Oc2ccc3c(c2)C(=O)NCN3Cc2c(F)cc(F)cc2F)c1C(F)(F)F. The lowest BCUT2D eigenvalue weighted by Gasteiger charge is -2.31. The van der Waals surface area contributed by atoms with Gasteiger partial charge in [0, 0.05) is 23.4 Å². The van der Waals surface area contributed by atoms with E-state index in [0.29, 0.717) is 12.1 Å². The van der Waals surface area contributed by atoms with E-state index in [-0.39, 0.29) is 30.2 Å². The first kappa shape index (κ1) is 22.3. The van der Waals surface area contributed by atoms with Crippen LogP contribution in [0.15, 0.2) is 48.5 Å². The number of nitrogen functional groups attached to an aromatic ring is 1. The second-order valence-electron chi connectivity index (χ2n) is 7.21. The zero-order valence-corrected chi connectivity index (χ0v) is 16.6. The van der Waals surface area contributed by atoms with Crippen molar-refractivity contribution in [3.8, 4) is 11.5 Å². The molecule has 0 bridgehead atoms. The van der Waals surface area contributed by atoms with Gasteiger partial charge in [0.05, 0.1) is 24.5 Å². The maximum Gasteiger partial charge on any atom is 0.421 e. The quantitative estimate of drug-likeness (QED) is 0.409. The molecule has 3 aromatic carbocycles. The Morgan fingerprint density at radius 3 is 2.39 bits per heavy atom. The molecule has 0 atom stereocenters. The molecule has 0 saturated heterocycles. The molecule has 3 aromatic rings. The van der Waals surface area contributed by atoms with Crippen LogP contribution < -0.4 is 20.7 Å². The number of ether oxygens (including phenoxy) is 1. The fourth-order valence-electron chi connectivity index (χ4n) is 3.50. The van der Waals surface area contributed by atoms with E-state index in [9.17, 15) is 31.1 Å². The van der Waals surface area contributed by atoms with Crippen molar-refractivity contribution >= 4 is 17.3 Å². The van der Waals surface area contributed by atoms with Crippen molar-refractivity contribution in [2.45, 2.75) is 12.7 Å². The van der Waals surface area contributed by atoms with Crippen LogP contribution in [0.1, 0.15) is 21.5 Å². The number of nitrogens with one attached hydrogen (secondary N) is 1. The van der Waals surface area contributed by atoms with Crippen molar-refractivity contribution in [1.29, 1.82) is 0 Å². The predicted octanol–water partition coefficient (Wildman–Crippen LogP) is 5.20. The van der Waals surface area contributed by atoms with Crippen molar-refractivity contribution in [2.24, 2.45) is 0 Å². The van der Waals surface area contributed by atoms with Crippen molar-refractivity contribution in [2.75, 3.05) is 17.3 Å². The molecule has 4 rings (SSSR count). The molecule has 0 unspecified atom stereocenters. The summed E-state index contributed by atoms with van der Waals surface area (Å²) in [6, 6.07) is 8.45. The Labute approximate surface area is 183 Å². The molecule has 1 aliphatic rings. The Bertz CT molecular complexity index is 1220. The number of hydrogen-bond donors (Lipinski definition) is 2. The average Bonchev–Trinajstić information content (AvgIpc) is 2.71. The molecule has 5 nitrogen and oxygen atoms in total. The monoisotopic (exact) mass is 467 g/mol. The first-order chi connectivity index (χ1) is 15.5. The van der Waals surface area contributed by atoms with Crippen molar-refractivity contribution < 1.29 is 35.9 Å². The fraction of sp³-hybridized carbons (Fsp3) is 0.136. The van der Waals surface area contributed by atoms with Crippen LogP contribution in [0.3, 0.4) is 0 Å². The van der Waals surface area contributed by atoms with Crippen LogP contribution in [0.4, 0.5) is 37.7 Å². The zero-order valence-electron chi connectivity index (χ0n) is 16.6. The minimum atomic E-state index is -4.77. The Hall–Kier alpha value is -3.89. The Morgan fingerprint density at radius 2 is 1.73 bits per heavy atom. The highest BCUT2D eigenvalue weighted by atomic mass is 19.4. The molecule has 3 N–H and O–H groups in total. The first-order valence-corrected chi connectivity index (χ1v) is 9.48. The number of nitrogens with two attached hydrogens (primary N) is 1. The molecule has 1 heterocycles. The van der Waals surface area contributed by atoms with Crippen LogP contribution in [0.25, 0.3) is 0 Å². The number of benzene rings is 3. The van der Waals surface area contributed by atoms with E-state index in [2.05, 4.69) is 5.32 Å². The van der Waals surface area contributed by atoms with E-state index in [1.54, 1.807) is 0 Å². The summed E-state index contributed by atoms with van der Waals surface area (Å²) in [6.07, 6.45) is -4.77. The number of nitrogens with zero attached hydrogens (tertiary/aromatic N) is 1. The van der Waals surface area contributed by atoms with Crippen LogP contribution in [-0.2, 0) is 12.7 Å². The summed E-state index contributed by atoms with van der Waals surface area (Å²) in [4.78, 5) is 13.8. The number of alkyl halides is 3. The van der Waals surface area contributed by atoms with Crippen molar-refractivity contribution in [3.05, 3.63) is 82.7 Å². The van der Waals surface area contributed by atoms with E-state index in [1.165, 1.54) is 29.2 Å². The lowest BCUT2D eigenvalue weighted by molar-refractivity contribution is -0.137. The smallest absolute Gasteiger partial charge is 0.421 e. The second kappa shape index (κ2) is 8.23. The maximum absolute atomic E-state index is 14.1. The van der Waals surface area contributed by atoms with Crippen LogP contribution in [0.2, 0.25) is 0 Å². The van der Waals surface area contributed by atoms with E-state index in [4.69, 9.17) is 10.5 Å². The van der Waals surface area contributed by atoms with E-state index < -0.39 is 52.1 Å². The molecule has 0 aromatic heterocycles. The lowest BCUT2D eigenvalue weighted by atomic mass is 10.1. The second-order valence-corrected chi connectivity index (χ2v) is 7.21. The standard InChI is InChI=1S/C22H15F6N3O2/c23-11-6-15(24)14(16(25)7-11)9-31-10-30-21(32)13-8-12(4-5-18(13)31)33-19-3-1-2-17(29)20(19)22(26,27)28/h1-8H,9-10,29H2,(H,30,32). The van der Waals surface area contributed by atoms with Gasteiger partial charge in [-0.2, -0.15) is 13.2 Å². The molecule has 0 aliphatic carbocycles. The Morgan fingerprint density at radius 1 is 1.03 bits per heavy atom. The van der Waals surface area contributed by atoms with Gasteiger partial charge >= 0.3 is 6.18 Å². The summed E-state index contributed by atoms with van der Waals surface area (Å²) in [5.41, 5.74) is 3.65. The third kappa shape index (κ3) is 4.38. The van der Waals surface area contributed by atoms with Gasteiger partial charge in [-0.15, -0.1) is 0 Å². The van der Waals surface area contributed by atoms with Crippen molar-refractivity contribution in [3.63, 3.8) is 0 Å². The predicted molar refractivity (Wildman–Crippen MR) is 107 cm³/mol. The Balaban J connectivity index is 1.67. The number of carbonyl (C=O) groups is 1. The number of amides is 1. The number of anilines is 2. The van der Waals surface area contributed by atoms with Gasteiger partial charge in [-0.1, -0.05) is 6.07 Å². The molecule has 0 fully saturated rings. The summed E-state index contributed by atoms with van der Waals surface area (Å²) in [7, 11) is 0. The van der Waals surface area contributed by atoms with Gasteiger partial charge in [-0.05, 0) is 30.3 Å². The van der Waals surface area contributed by atoms with E-state index >= 15 is 0 Å². The van der Waals surface area contributed by atoms with Gasteiger partial charge in [0.25, 0.3) is 5.91 Å². The average molecular weight is 467 g/mol. The molecule has 33 heavy (non-hydrogen) atoms. The van der Waals surface area contributed by atoms with Gasteiger partial charge in [-0.25, -0.2) is 13.2 Å². The van der Waals surface area contributed by atoms with E-state index in [1.807, 2.05) is 0 Å². The summed E-state index contributed by atoms with van der Waals surface area (Å²) >= 11 is 0. The first-order valence-electron chi connectivity index (χ1n) is 9.48. The van der Waals surface area contributed by atoms with Gasteiger partial charge in [0.2, 0.25) is 0 Å². The van der Waals surface area contributed by atoms with Crippen LogP contribution >= 0.6 is 0 Å². The number of hydrogen-bond acceptors (Lipinski definition) is 4. The molecule has 1 amide bonds. The van der Waals surface area contributed by atoms with Crippen molar-refractivity contribution in [1.82, 2.24) is 5.32 Å². The maximum atomic E-state index is 14.1. The third-order valence-electron chi connectivity index (χ3n) is 5.01. The third-order valence-corrected chi connectivity index (χ3v) is 5.01. The Kier molecular flexibility index (Phi) is 5.56. The fourth-order valence-corrected chi connectivity index (χ4v) is 3.50. The topological polar surface area (TPSA) is 67.6 Å². The summed E-state index contributed by atoms with van der Waals surface area (Å²) in [6.45, 7) is -0.436. The normalized spacial score (nSPS) is 13.5. The van der Waals surface area contributed by atoms with Gasteiger partial charge in [0.15, 0.2) is 0 Å². The number of halogens is 6. The molecule has 1 aliphatic heterocycles.